The molecule has 0 atom stereocenters. The summed E-state index contributed by atoms with van der Waals surface area (Å²) in [7, 11) is 0. The van der Waals surface area contributed by atoms with Gasteiger partial charge in [0, 0.05) is 21.8 Å². The van der Waals surface area contributed by atoms with Crippen LogP contribution in [0.3, 0.4) is 0 Å². The zero-order chi connectivity index (χ0) is 16.1. The van der Waals surface area contributed by atoms with Gasteiger partial charge in [-0.1, -0.05) is 11.6 Å². The number of carbonyl (C=O) groups excluding carboxylic acids is 2. The summed E-state index contributed by atoms with van der Waals surface area (Å²) >= 11 is 10.9. The summed E-state index contributed by atoms with van der Waals surface area (Å²) in [5.74, 6) is -0.334. The number of rotatable bonds is 3. The van der Waals surface area contributed by atoms with Crippen molar-refractivity contribution in [3.8, 4) is 0 Å². The van der Waals surface area contributed by atoms with Crippen molar-refractivity contribution in [3.05, 3.63) is 64.7 Å². The van der Waals surface area contributed by atoms with Crippen LogP contribution in [0.1, 0.15) is 27.6 Å². The number of carbonyl (C=O) groups is 2. The third kappa shape index (κ3) is 4.38. The lowest BCUT2D eigenvalue weighted by molar-refractivity contribution is 0.0976. The van der Waals surface area contributed by atoms with Crippen LogP contribution >= 0.6 is 23.8 Å². The zero-order valence-corrected chi connectivity index (χ0v) is 13.3. The monoisotopic (exact) mass is 332 g/mol. The molecular weight excluding hydrogens is 320 g/mol. The van der Waals surface area contributed by atoms with Crippen molar-refractivity contribution in [2.45, 2.75) is 6.92 Å². The molecule has 0 saturated heterocycles. The maximum absolute atomic E-state index is 12.0. The summed E-state index contributed by atoms with van der Waals surface area (Å²) in [5.41, 5.74) is 1.76. The predicted octanol–water partition coefficient (Wildman–Crippen LogP) is 3.67. The third-order valence-corrected chi connectivity index (χ3v) is 3.34. The second-order valence-electron chi connectivity index (χ2n) is 4.55. The first-order valence-electron chi connectivity index (χ1n) is 6.44. The quantitative estimate of drug-likeness (QED) is 0.665. The molecule has 0 bridgehead atoms. The highest BCUT2D eigenvalue weighted by atomic mass is 35.5. The molecule has 22 heavy (non-hydrogen) atoms. The number of hydrogen-bond donors (Lipinski definition) is 2. The summed E-state index contributed by atoms with van der Waals surface area (Å²) < 4.78 is 0. The number of ketones is 1. The number of nitrogens with one attached hydrogen (secondary N) is 2. The van der Waals surface area contributed by atoms with Gasteiger partial charge in [0.05, 0.1) is 0 Å². The molecule has 4 nitrogen and oxygen atoms in total. The minimum Gasteiger partial charge on any atom is -0.332 e. The van der Waals surface area contributed by atoms with E-state index in [4.69, 9.17) is 23.8 Å². The van der Waals surface area contributed by atoms with E-state index in [1.165, 1.54) is 6.92 Å². The second-order valence-corrected chi connectivity index (χ2v) is 5.39. The van der Waals surface area contributed by atoms with Gasteiger partial charge in [-0.3, -0.25) is 14.9 Å². The number of halogens is 1. The topological polar surface area (TPSA) is 58.2 Å². The molecule has 2 aromatic carbocycles. The van der Waals surface area contributed by atoms with Crippen molar-refractivity contribution in [1.29, 1.82) is 0 Å². The Kier molecular flexibility index (Phi) is 5.25. The maximum Gasteiger partial charge on any atom is 0.257 e. The van der Waals surface area contributed by atoms with Gasteiger partial charge in [0.2, 0.25) is 0 Å². The van der Waals surface area contributed by atoms with Gasteiger partial charge >= 0.3 is 0 Å². The van der Waals surface area contributed by atoms with E-state index in [1.54, 1.807) is 48.5 Å². The molecule has 2 aromatic rings. The molecule has 0 aromatic heterocycles. The molecule has 0 unspecified atom stereocenters. The van der Waals surface area contributed by atoms with E-state index in [1.807, 2.05) is 0 Å². The van der Waals surface area contributed by atoms with Crippen LogP contribution in [0.2, 0.25) is 5.02 Å². The van der Waals surface area contributed by atoms with Crippen LogP contribution in [-0.2, 0) is 0 Å². The standard InChI is InChI=1S/C16H13ClN2O2S/c1-10(20)11-4-8-14(9-5-11)18-16(22)19-15(21)12-2-6-13(17)7-3-12/h2-9H,1H3,(H2,18,19,21,22). The molecule has 112 valence electrons. The average molecular weight is 333 g/mol. The first-order valence-corrected chi connectivity index (χ1v) is 7.23. The normalized spacial score (nSPS) is 9.91. The summed E-state index contributed by atoms with van der Waals surface area (Å²) in [4.78, 5) is 23.2. The van der Waals surface area contributed by atoms with Gasteiger partial charge in [0.1, 0.15) is 0 Å². The molecule has 0 fully saturated rings. The van der Waals surface area contributed by atoms with Crippen molar-refractivity contribution in [1.82, 2.24) is 5.32 Å². The molecule has 0 saturated carbocycles. The van der Waals surface area contributed by atoms with Gasteiger partial charge in [0.25, 0.3) is 5.91 Å². The van der Waals surface area contributed by atoms with Crippen LogP contribution in [0.4, 0.5) is 5.69 Å². The highest BCUT2D eigenvalue weighted by molar-refractivity contribution is 7.80. The van der Waals surface area contributed by atoms with Crippen molar-refractivity contribution >= 4 is 46.3 Å². The lowest BCUT2D eigenvalue weighted by atomic mass is 10.1. The number of amides is 1. The Morgan fingerprint density at radius 1 is 0.955 bits per heavy atom. The number of benzene rings is 2. The van der Waals surface area contributed by atoms with Crippen molar-refractivity contribution in [2.24, 2.45) is 0 Å². The predicted molar refractivity (Wildman–Crippen MR) is 91.6 cm³/mol. The summed E-state index contributed by atoms with van der Waals surface area (Å²) in [6, 6.07) is 13.3. The molecule has 1 amide bonds. The fourth-order valence-electron chi connectivity index (χ4n) is 1.73. The van der Waals surface area contributed by atoms with E-state index in [9.17, 15) is 9.59 Å². The molecule has 0 aliphatic rings. The molecule has 0 aliphatic carbocycles. The van der Waals surface area contributed by atoms with E-state index in [2.05, 4.69) is 10.6 Å². The molecule has 0 spiro atoms. The Morgan fingerprint density at radius 2 is 1.50 bits per heavy atom. The molecule has 2 N–H and O–H groups in total. The van der Waals surface area contributed by atoms with Crippen LogP contribution < -0.4 is 10.6 Å². The number of Topliss-reactive ketones (excluding diaryl/α,β-unsaturated/α-hetero) is 1. The molecule has 6 heteroatoms. The van der Waals surface area contributed by atoms with Gasteiger partial charge in [-0.15, -0.1) is 0 Å². The second kappa shape index (κ2) is 7.15. The third-order valence-electron chi connectivity index (χ3n) is 2.88. The van der Waals surface area contributed by atoms with E-state index >= 15 is 0 Å². The highest BCUT2D eigenvalue weighted by Crippen LogP contribution is 2.11. The minimum absolute atomic E-state index is 0.00910. The highest BCUT2D eigenvalue weighted by Gasteiger charge is 2.08. The summed E-state index contributed by atoms with van der Waals surface area (Å²) in [6.07, 6.45) is 0. The largest absolute Gasteiger partial charge is 0.332 e. The summed E-state index contributed by atoms with van der Waals surface area (Å²) in [5, 5.41) is 6.19. The molecule has 2 rings (SSSR count). The van der Waals surface area contributed by atoms with E-state index in [0.29, 0.717) is 21.8 Å². The van der Waals surface area contributed by atoms with Gasteiger partial charge in [0.15, 0.2) is 10.9 Å². The Balaban J connectivity index is 1.96. The van der Waals surface area contributed by atoms with Crippen LogP contribution in [-0.4, -0.2) is 16.8 Å². The Bertz CT molecular complexity index is 712. The SMILES string of the molecule is CC(=O)c1ccc(NC(=S)NC(=O)c2ccc(Cl)cc2)cc1. The lowest BCUT2D eigenvalue weighted by Crippen LogP contribution is -2.34. The van der Waals surface area contributed by atoms with Crippen LogP contribution in [0.5, 0.6) is 0 Å². The molecule has 0 heterocycles. The number of hydrogen-bond acceptors (Lipinski definition) is 3. The first-order chi connectivity index (χ1) is 10.5. The number of anilines is 1. The average Bonchev–Trinajstić information content (AvgIpc) is 2.48. The maximum atomic E-state index is 12.0. The Labute approximate surface area is 138 Å². The fourth-order valence-corrected chi connectivity index (χ4v) is 2.06. The zero-order valence-electron chi connectivity index (χ0n) is 11.7. The molecule has 0 radical (unpaired) electrons. The van der Waals surface area contributed by atoms with Crippen molar-refractivity contribution in [2.75, 3.05) is 5.32 Å². The smallest absolute Gasteiger partial charge is 0.257 e. The fraction of sp³-hybridized carbons (Fsp3) is 0.0625. The van der Waals surface area contributed by atoms with Crippen molar-refractivity contribution < 1.29 is 9.59 Å². The lowest BCUT2D eigenvalue weighted by Gasteiger charge is -2.10. The molecular formula is C16H13ClN2O2S. The first kappa shape index (κ1) is 16.1. The van der Waals surface area contributed by atoms with Gasteiger partial charge in [-0.05, 0) is 67.7 Å². The number of thiocarbonyl (C=S) groups is 1. The van der Waals surface area contributed by atoms with E-state index in [-0.39, 0.29) is 16.8 Å². The van der Waals surface area contributed by atoms with Crippen LogP contribution in [0.25, 0.3) is 0 Å². The van der Waals surface area contributed by atoms with E-state index in [0.717, 1.165) is 0 Å². The molecule has 0 aliphatic heterocycles. The summed E-state index contributed by atoms with van der Waals surface area (Å²) in [6.45, 7) is 1.50. The minimum atomic E-state index is -0.325. The van der Waals surface area contributed by atoms with Gasteiger partial charge < -0.3 is 5.32 Å². The Morgan fingerprint density at radius 3 is 2.05 bits per heavy atom. The van der Waals surface area contributed by atoms with Crippen molar-refractivity contribution in [3.63, 3.8) is 0 Å². The van der Waals surface area contributed by atoms with Crippen LogP contribution in [0.15, 0.2) is 48.5 Å². The van der Waals surface area contributed by atoms with Crippen LogP contribution in [0, 0.1) is 0 Å². The Hall–Kier alpha value is -2.24. The van der Waals surface area contributed by atoms with Gasteiger partial charge in [-0.25, -0.2) is 0 Å². The van der Waals surface area contributed by atoms with E-state index < -0.39 is 0 Å². The van der Waals surface area contributed by atoms with Gasteiger partial charge in [-0.2, -0.15) is 0 Å².